The van der Waals surface area contributed by atoms with Crippen molar-refractivity contribution >= 4 is 15.9 Å². The number of allylic oxidation sites excluding steroid dienone is 1. The fourth-order valence-electron chi connectivity index (χ4n) is 5.74. The quantitative estimate of drug-likeness (QED) is 0.381. The maximum absolute atomic E-state index is 13.6. The molecule has 5 rings (SSSR count). The standard InChI is InChI=1S/C31H40N2O9S/c1-32(24-6-4-3-5-7-24)31(35)29-19-23(22-8-13-27-28(18-22)41-21-40-27)20-30(42-29)39-17-15-33(14-16-34)43(36,37)26-11-9-25(38-2)10-12-26/h8-13,18-19,23-24,30,34H,3-7,14-17,20-21H2,1-2H3/t23-,30+/m0/s1. The van der Waals surface area contributed by atoms with Crippen molar-refractivity contribution in [2.75, 3.05) is 47.3 Å². The first kappa shape index (κ1) is 31.1. The lowest BCUT2D eigenvalue weighted by atomic mass is 9.91. The van der Waals surface area contributed by atoms with Crippen molar-refractivity contribution < 1.29 is 42.0 Å². The molecule has 0 radical (unpaired) electrons. The van der Waals surface area contributed by atoms with Crippen LogP contribution in [0.5, 0.6) is 17.2 Å². The number of nitrogens with zero attached hydrogens (tertiary/aromatic N) is 2. The third kappa shape index (κ3) is 7.26. The Kier molecular flexibility index (Phi) is 10.1. The highest BCUT2D eigenvalue weighted by atomic mass is 32.2. The minimum absolute atomic E-state index is 0.00611. The normalized spacial score (nSPS) is 20.4. The molecule has 0 aromatic heterocycles. The zero-order chi connectivity index (χ0) is 30.4. The number of hydrogen-bond acceptors (Lipinski definition) is 9. The van der Waals surface area contributed by atoms with Gasteiger partial charge in [-0.2, -0.15) is 4.31 Å². The molecule has 2 aliphatic heterocycles. The third-order valence-electron chi connectivity index (χ3n) is 8.23. The van der Waals surface area contributed by atoms with Crippen LogP contribution in [-0.2, 0) is 24.3 Å². The number of carbonyl (C=O) groups excluding carboxylic acids is 1. The second kappa shape index (κ2) is 14.0. The molecule has 0 saturated heterocycles. The van der Waals surface area contributed by atoms with Gasteiger partial charge in [-0.05, 0) is 60.9 Å². The van der Waals surface area contributed by atoms with Crippen molar-refractivity contribution in [1.82, 2.24) is 9.21 Å². The first-order valence-electron chi connectivity index (χ1n) is 14.7. The van der Waals surface area contributed by atoms with Gasteiger partial charge in [-0.15, -0.1) is 0 Å². The van der Waals surface area contributed by atoms with E-state index in [0.29, 0.717) is 23.7 Å². The number of likely N-dealkylation sites (N-methyl/N-ethyl adjacent to an activating group) is 1. The first-order valence-corrected chi connectivity index (χ1v) is 16.2. The number of hydrogen-bond donors (Lipinski definition) is 1. The van der Waals surface area contributed by atoms with Crippen molar-refractivity contribution in [2.45, 2.75) is 61.7 Å². The van der Waals surface area contributed by atoms with Gasteiger partial charge in [0, 0.05) is 38.5 Å². The Balaban J connectivity index is 1.30. The molecule has 3 aliphatic rings. The van der Waals surface area contributed by atoms with Crippen molar-refractivity contribution in [3.8, 4) is 17.2 Å². The number of aliphatic hydroxyl groups excluding tert-OH is 1. The van der Waals surface area contributed by atoms with E-state index in [2.05, 4.69) is 0 Å². The number of benzene rings is 2. The van der Waals surface area contributed by atoms with E-state index in [1.165, 1.54) is 30.0 Å². The summed E-state index contributed by atoms with van der Waals surface area (Å²) in [6.45, 7) is -0.310. The van der Waals surface area contributed by atoms with E-state index in [0.717, 1.165) is 31.2 Å². The molecule has 1 amide bonds. The van der Waals surface area contributed by atoms with E-state index in [1.54, 1.807) is 17.0 Å². The summed E-state index contributed by atoms with van der Waals surface area (Å²) >= 11 is 0. The summed E-state index contributed by atoms with van der Waals surface area (Å²) in [5, 5.41) is 9.60. The van der Waals surface area contributed by atoms with Gasteiger partial charge >= 0.3 is 0 Å². The highest BCUT2D eigenvalue weighted by Gasteiger charge is 2.33. The molecule has 12 heteroatoms. The minimum Gasteiger partial charge on any atom is -0.497 e. The molecule has 1 fully saturated rings. The molecule has 2 aromatic rings. The lowest BCUT2D eigenvalue weighted by molar-refractivity contribution is -0.153. The fourth-order valence-corrected chi connectivity index (χ4v) is 7.16. The summed E-state index contributed by atoms with van der Waals surface area (Å²) in [4.78, 5) is 15.5. The summed E-state index contributed by atoms with van der Waals surface area (Å²) in [5.41, 5.74) is 0.927. The Morgan fingerprint density at radius 2 is 1.77 bits per heavy atom. The molecule has 0 unspecified atom stereocenters. The molecule has 2 heterocycles. The number of methoxy groups -OCH3 is 1. The first-order chi connectivity index (χ1) is 20.8. The molecule has 1 N–H and O–H groups in total. The Hall–Kier alpha value is -3.32. The molecule has 2 atom stereocenters. The van der Waals surface area contributed by atoms with Gasteiger partial charge < -0.3 is 33.7 Å². The largest absolute Gasteiger partial charge is 0.497 e. The Morgan fingerprint density at radius 3 is 2.49 bits per heavy atom. The van der Waals surface area contributed by atoms with Crippen LogP contribution < -0.4 is 14.2 Å². The van der Waals surface area contributed by atoms with Gasteiger partial charge in [0.15, 0.2) is 17.3 Å². The van der Waals surface area contributed by atoms with Gasteiger partial charge in [-0.25, -0.2) is 8.42 Å². The van der Waals surface area contributed by atoms with Crippen LogP contribution in [0.25, 0.3) is 0 Å². The van der Waals surface area contributed by atoms with Crippen molar-refractivity contribution in [2.24, 2.45) is 0 Å². The summed E-state index contributed by atoms with van der Waals surface area (Å²) in [5.74, 6) is 1.66. The van der Waals surface area contributed by atoms with Gasteiger partial charge in [0.1, 0.15) is 5.75 Å². The summed E-state index contributed by atoms with van der Waals surface area (Å²) in [7, 11) is -0.575. The van der Waals surface area contributed by atoms with E-state index in [4.69, 9.17) is 23.7 Å². The zero-order valence-corrected chi connectivity index (χ0v) is 25.5. The van der Waals surface area contributed by atoms with E-state index in [1.807, 2.05) is 31.3 Å². The molecule has 11 nitrogen and oxygen atoms in total. The highest BCUT2D eigenvalue weighted by Crippen LogP contribution is 2.39. The molecule has 234 valence electrons. The summed E-state index contributed by atoms with van der Waals surface area (Å²) in [6.07, 6.45) is 6.75. The maximum atomic E-state index is 13.6. The number of ether oxygens (including phenoxy) is 5. The average Bonchev–Trinajstić information content (AvgIpc) is 3.52. The molecule has 1 saturated carbocycles. The topological polar surface area (TPSA) is 124 Å². The van der Waals surface area contributed by atoms with Crippen LogP contribution >= 0.6 is 0 Å². The Morgan fingerprint density at radius 1 is 1.02 bits per heavy atom. The molecule has 1 aliphatic carbocycles. The lowest BCUT2D eigenvalue weighted by Gasteiger charge is -2.35. The predicted molar refractivity (Wildman–Crippen MR) is 157 cm³/mol. The van der Waals surface area contributed by atoms with Crippen LogP contribution in [0, 0.1) is 0 Å². The lowest BCUT2D eigenvalue weighted by Crippen LogP contribution is -2.41. The number of rotatable bonds is 12. The number of amides is 1. The fraction of sp³-hybridized carbons (Fsp3) is 0.516. The van der Waals surface area contributed by atoms with Crippen molar-refractivity contribution in [1.29, 1.82) is 0 Å². The van der Waals surface area contributed by atoms with Crippen LogP contribution in [0.2, 0.25) is 0 Å². The van der Waals surface area contributed by atoms with Crippen molar-refractivity contribution in [3.63, 3.8) is 0 Å². The number of sulfonamides is 1. The minimum atomic E-state index is -3.90. The van der Waals surface area contributed by atoms with Gasteiger partial charge in [-0.3, -0.25) is 4.79 Å². The van der Waals surface area contributed by atoms with Gasteiger partial charge in [0.05, 0.1) is 25.2 Å². The molecular formula is C31H40N2O9S. The Bertz CT molecular complexity index is 1390. The van der Waals surface area contributed by atoms with Gasteiger partial charge in [0.2, 0.25) is 23.1 Å². The predicted octanol–water partition coefficient (Wildman–Crippen LogP) is 3.63. The van der Waals surface area contributed by atoms with Crippen LogP contribution in [-0.4, -0.2) is 88.2 Å². The monoisotopic (exact) mass is 616 g/mol. The molecule has 43 heavy (non-hydrogen) atoms. The molecule has 0 spiro atoms. The smallest absolute Gasteiger partial charge is 0.288 e. The van der Waals surface area contributed by atoms with Crippen LogP contribution in [0.3, 0.4) is 0 Å². The highest BCUT2D eigenvalue weighted by molar-refractivity contribution is 7.89. The van der Waals surface area contributed by atoms with E-state index in [9.17, 15) is 18.3 Å². The average molecular weight is 617 g/mol. The summed E-state index contributed by atoms with van der Waals surface area (Å²) < 4.78 is 56.1. The zero-order valence-electron chi connectivity index (χ0n) is 24.6. The van der Waals surface area contributed by atoms with Gasteiger partial charge in [0.25, 0.3) is 5.91 Å². The molecular weight excluding hydrogens is 576 g/mol. The van der Waals surface area contributed by atoms with Gasteiger partial charge in [-0.1, -0.05) is 25.3 Å². The van der Waals surface area contributed by atoms with E-state index < -0.39 is 16.3 Å². The third-order valence-corrected chi connectivity index (χ3v) is 10.1. The van der Waals surface area contributed by atoms with Crippen LogP contribution in [0.4, 0.5) is 0 Å². The van der Waals surface area contributed by atoms with Crippen LogP contribution in [0.15, 0.2) is 59.2 Å². The van der Waals surface area contributed by atoms with Crippen molar-refractivity contribution in [3.05, 3.63) is 59.9 Å². The SMILES string of the molecule is COc1ccc(S(=O)(=O)N(CCO)CCO[C@H]2C[C@@H](c3ccc4c(c3)OCO4)C=C(C(=O)N(C)C3CCCCC3)O2)cc1. The van der Waals surface area contributed by atoms with Crippen LogP contribution in [0.1, 0.15) is 50.0 Å². The second-order valence-corrected chi connectivity index (χ2v) is 12.9. The molecule has 0 bridgehead atoms. The number of fused-ring (bicyclic) bond motifs is 1. The molecule has 2 aromatic carbocycles. The Labute approximate surface area is 253 Å². The maximum Gasteiger partial charge on any atom is 0.288 e. The second-order valence-electron chi connectivity index (χ2n) is 10.9. The van der Waals surface area contributed by atoms with E-state index in [-0.39, 0.29) is 61.6 Å². The van der Waals surface area contributed by atoms with E-state index >= 15 is 0 Å². The number of carbonyl (C=O) groups is 1. The summed E-state index contributed by atoms with van der Waals surface area (Å²) in [6, 6.07) is 11.9. The number of aliphatic hydroxyl groups is 1.